The Kier molecular flexibility index (Phi) is 8.66. The molecule has 0 saturated heterocycles. The number of hydrogen-bond donors (Lipinski definition) is 1. The minimum Gasteiger partial charge on any atom is -0.494 e. The van der Waals surface area contributed by atoms with Gasteiger partial charge in [-0.2, -0.15) is 5.10 Å². The average molecular weight is 516 g/mol. The predicted octanol–water partition coefficient (Wildman–Crippen LogP) is 4.36. The number of ether oxygens (including phenoxy) is 2. The van der Waals surface area contributed by atoms with Gasteiger partial charge in [0.1, 0.15) is 5.75 Å². The first-order chi connectivity index (χ1) is 18.1. The number of benzene rings is 3. The van der Waals surface area contributed by atoms with Gasteiger partial charge in [-0.15, -0.1) is 10.2 Å². The van der Waals surface area contributed by atoms with Crippen molar-refractivity contribution in [1.82, 2.24) is 20.2 Å². The van der Waals surface area contributed by atoms with Crippen LogP contribution in [-0.4, -0.2) is 52.3 Å². The van der Waals surface area contributed by atoms with Gasteiger partial charge in [0.15, 0.2) is 11.0 Å². The Morgan fingerprint density at radius 2 is 1.73 bits per heavy atom. The molecule has 9 nitrogen and oxygen atoms in total. The predicted molar refractivity (Wildman–Crippen MR) is 142 cm³/mol. The highest BCUT2D eigenvalue weighted by molar-refractivity contribution is 7.99. The van der Waals surface area contributed by atoms with E-state index >= 15 is 0 Å². The van der Waals surface area contributed by atoms with Crippen LogP contribution in [0.25, 0.3) is 17.1 Å². The van der Waals surface area contributed by atoms with Crippen molar-refractivity contribution < 1.29 is 19.1 Å². The third-order valence-corrected chi connectivity index (χ3v) is 6.07. The molecule has 1 amide bonds. The Bertz CT molecular complexity index is 1370. The molecule has 0 bridgehead atoms. The number of nitrogens with zero attached hydrogens (tertiary/aromatic N) is 4. The maximum absolute atomic E-state index is 12.4. The molecule has 10 heteroatoms. The molecule has 0 spiro atoms. The lowest BCUT2D eigenvalue weighted by molar-refractivity contribution is -0.118. The van der Waals surface area contributed by atoms with E-state index in [2.05, 4.69) is 25.5 Å². The molecule has 3 aromatic carbocycles. The molecule has 4 aromatic rings. The number of carbonyl (C=O) groups is 2. The molecular weight excluding hydrogens is 490 g/mol. The van der Waals surface area contributed by atoms with E-state index in [9.17, 15) is 9.59 Å². The van der Waals surface area contributed by atoms with E-state index < -0.39 is 5.97 Å². The number of rotatable bonds is 10. The minimum atomic E-state index is -0.415. The summed E-state index contributed by atoms with van der Waals surface area (Å²) in [5.41, 5.74) is 5.43. The van der Waals surface area contributed by atoms with Gasteiger partial charge in [-0.3, -0.25) is 9.36 Å². The topological polar surface area (TPSA) is 108 Å². The van der Waals surface area contributed by atoms with Crippen LogP contribution in [0.5, 0.6) is 5.75 Å². The van der Waals surface area contributed by atoms with E-state index in [1.807, 2.05) is 66.1 Å². The molecule has 0 atom stereocenters. The summed E-state index contributed by atoms with van der Waals surface area (Å²) in [5.74, 6) is 0.813. The van der Waals surface area contributed by atoms with Gasteiger partial charge < -0.3 is 9.47 Å². The number of esters is 1. The number of amides is 1. The smallest absolute Gasteiger partial charge is 0.337 e. The fourth-order valence-electron chi connectivity index (χ4n) is 3.39. The van der Waals surface area contributed by atoms with Crippen LogP contribution in [0.15, 0.2) is 89.1 Å². The number of hydrazone groups is 1. The molecule has 0 aliphatic rings. The third kappa shape index (κ3) is 6.62. The molecule has 0 radical (unpaired) electrons. The molecule has 0 unspecified atom stereocenters. The zero-order valence-corrected chi connectivity index (χ0v) is 21.1. The highest BCUT2D eigenvalue weighted by atomic mass is 32.2. The quantitative estimate of drug-likeness (QED) is 0.145. The summed E-state index contributed by atoms with van der Waals surface area (Å²) < 4.78 is 12.2. The van der Waals surface area contributed by atoms with Gasteiger partial charge in [-0.05, 0) is 48.9 Å². The van der Waals surface area contributed by atoms with Crippen LogP contribution in [0, 0.1) is 0 Å². The van der Waals surface area contributed by atoms with Crippen molar-refractivity contribution in [3.05, 3.63) is 90.0 Å². The summed E-state index contributed by atoms with van der Waals surface area (Å²) >= 11 is 1.25. The second kappa shape index (κ2) is 12.5. The van der Waals surface area contributed by atoms with Crippen molar-refractivity contribution in [2.75, 3.05) is 19.5 Å². The van der Waals surface area contributed by atoms with Crippen LogP contribution in [0.1, 0.15) is 22.8 Å². The number of carbonyl (C=O) groups excluding carboxylic acids is 2. The maximum Gasteiger partial charge on any atom is 0.337 e. The van der Waals surface area contributed by atoms with Gasteiger partial charge in [0.05, 0.1) is 31.2 Å². The first-order valence-electron chi connectivity index (χ1n) is 11.5. The second-order valence-corrected chi connectivity index (χ2v) is 8.57. The van der Waals surface area contributed by atoms with E-state index in [-0.39, 0.29) is 11.7 Å². The van der Waals surface area contributed by atoms with Gasteiger partial charge >= 0.3 is 5.97 Å². The van der Waals surface area contributed by atoms with Crippen molar-refractivity contribution in [3.8, 4) is 22.8 Å². The van der Waals surface area contributed by atoms with Crippen molar-refractivity contribution >= 4 is 29.9 Å². The van der Waals surface area contributed by atoms with E-state index in [0.717, 1.165) is 22.6 Å². The van der Waals surface area contributed by atoms with Crippen LogP contribution in [0.3, 0.4) is 0 Å². The zero-order valence-electron chi connectivity index (χ0n) is 20.3. The summed E-state index contributed by atoms with van der Waals surface area (Å²) in [5, 5.41) is 13.3. The third-order valence-electron chi connectivity index (χ3n) is 5.14. The standard InChI is InChI=1S/C27H25N5O4S/c1-3-36-23-15-13-22(14-16-23)32-25(20-7-5-4-6-8-20)30-31-27(32)37-18-24(33)29-28-17-19-9-11-21(12-10-19)26(34)35-2/h4-17H,3,18H2,1-2H3,(H,29,33)/b28-17-. The number of methoxy groups -OCH3 is 1. The minimum absolute atomic E-state index is 0.0859. The Morgan fingerprint density at radius 3 is 2.41 bits per heavy atom. The van der Waals surface area contributed by atoms with Crippen LogP contribution >= 0.6 is 11.8 Å². The first-order valence-corrected chi connectivity index (χ1v) is 12.4. The lowest BCUT2D eigenvalue weighted by atomic mass is 10.1. The summed E-state index contributed by atoms with van der Waals surface area (Å²) in [6.45, 7) is 2.52. The summed E-state index contributed by atoms with van der Waals surface area (Å²) in [6, 6.07) is 24.1. The molecule has 0 aliphatic heterocycles. The molecule has 4 rings (SSSR count). The van der Waals surface area contributed by atoms with Crippen molar-refractivity contribution in [2.24, 2.45) is 5.10 Å². The monoisotopic (exact) mass is 515 g/mol. The Labute approximate surface area is 218 Å². The van der Waals surface area contributed by atoms with Crippen LogP contribution in [0.2, 0.25) is 0 Å². The van der Waals surface area contributed by atoms with Crippen LogP contribution < -0.4 is 10.2 Å². The van der Waals surface area contributed by atoms with E-state index in [0.29, 0.717) is 23.2 Å². The van der Waals surface area contributed by atoms with Gasteiger partial charge in [0, 0.05) is 11.3 Å². The molecule has 1 heterocycles. The number of nitrogens with one attached hydrogen (secondary N) is 1. The molecule has 188 valence electrons. The van der Waals surface area contributed by atoms with Crippen LogP contribution in [0.4, 0.5) is 0 Å². The molecular formula is C27H25N5O4S. The number of thioether (sulfide) groups is 1. The highest BCUT2D eigenvalue weighted by Crippen LogP contribution is 2.28. The highest BCUT2D eigenvalue weighted by Gasteiger charge is 2.17. The summed E-state index contributed by atoms with van der Waals surface area (Å²) in [7, 11) is 1.33. The largest absolute Gasteiger partial charge is 0.494 e. The molecule has 1 N–H and O–H groups in total. The normalized spacial score (nSPS) is 10.9. The molecule has 37 heavy (non-hydrogen) atoms. The number of hydrogen-bond acceptors (Lipinski definition) is 8. The average Bonchev–Trinajstić information content (AvgIpc) is 3.37. The van der Waals surface area contributed by atoms with E-state index in [1.54, 1.807) is 24.3 Å². The zero-order chi connectivity index (χ0) is 26.0. The lowest BCUT2D eigenvalue weighted by Gasteiger charge is -2.11. The summed E-state index contributed by atoms with van der Waals surface area (Å²) in [6.07, 6.45) is 1.50. The summed E-state index contributed by atoms with van der Waals surface area (Å²) in [4.78, 5) is 24.0. The Hall–Kier alpha value is -4.44. The van der Waals surface area contributed by atoms with E-state index in [4.69, 9.17) is 4.74 Å². The Balaban J connectivity index is 1.45. The fourth-order valence-corrected chi connectivity index (χ4v) is 4.14. The number of aromatic nitrogens is 3. The first kappa shape index (κ1) is 25.6. The van der Waals surface area contributed by atoms with Gasteiger partial charge in [-0.1, -0.05) is 54.2 Å². The van der Waals surface area contributed by atoms with E-state index in [1.165, 1.54) is 25.1 Å². The fraction of sp³-hybridized carbons (Fsp3) is 0.148. The Morgan fingerprint density at radius 1 is 1.00 bits per heavy atom. The lowest BCUT2D eigenvalue weighted by Crippen LogP contribution is -2.20. The maximum atomic E-state index is 12.4. The van der Waals surface area contributed by atoms with Crippen LogP contribution in [-0.2, 0) is 9.53 Å². The van der Waals surface area contributed by atoms with Gasteiger partial charge in [-0.25, -0.2) is 10.2 Å². The van der Waals surface area contributed by atoms with Crippen molar-refractivity contribution in [3.63, 3.8) is 0 Å². The van der Waals surface area contributed by atoms with Crippen molar-refractivity contribution in [2.45, 2.75) is 12.1 Å². The second-order valence-electron chi connectivity index (χ2n) is 7.63. The molecule has 1 aromatic heterocycles. The van der Waals surface area contributed by atoms with Crippen molar-refractivity contribution in [1.29, 1.82) is 0 Å². The van der Waals surface area contributed by atoms with Gasteiger partial charge in [0.25, 0.3) is 5.91 Å². The van der Waals surface area contributed by atoms with Gasteiger partial charge in [0.2, 0.25) is 0 Å². The molecule has 0 fully saturated rings. The SMILES string of the molecule is CCOc1ccc(-n2c(SCC(=O)N/N=C\c3ccc(C(=O)OC)cc3)nnc2-c2ccccc2)cc1. The molecule has 0 saturated carbocycles. The molecule has 0 aliphatic carbocycles.